The van der Waals surface area contributed by atoms with Gasteiger partial charge in [-0.1, -0.05) is 17.7 Å². The van der Waals surface area contributed by atoms with Crippen LogP contribution in [-0.2, 0) is 4.79 Å². The SMILES string of the molecule is N#Cc1cnc(N2CCC(CC(=O)N3CCC(O)CC3)CC2)c(NC(=O)c2cccc(Cl)c2)c1. The van der Waals surface area contributed by atoms with Gasteiger partial charge in [-0.2, -0.15) is 5.26 Å². The molecule has 0 spiro atoms. The molecule has 1 aromatic heterocycles. The number of amides is 2. The van der Waals surface area contributed by atoms with Crippen molar-refractivity contribution in [2.75, 3.05) is 36.4 Å². The fourth-order valence-electron chi connectivity index (χ4n) is 4.53. The van der Waals surface area contributed by atoms with Gasteiger partial charge in [0.1, 0.15) is 6.07 Å². The number of pyridine rings is 1. The lowest BCUT2D eigenvalue weighted by atomic mass is 9.92. The summed E-state index contributed by atoms with van der Waals surface area (Å²) in [5.41, 5.74) is 1.26. The van der Waals surface area contributed by atoms with Gasteiger partial charge in [0.25, 0.3) is 5.91 Å². The molecule has 2 fully saturated rings. The van der Waals surface area contributed by atoms with Crippen molar-refractivity contribution in [2.45, 2.75) is 38.2 Å². The molecule has 178 valence electrons. The number of carbonyl (C=O) groups is 2. The summed E-state index contributed by atoms with van der Waals surface area (Å²) >= 11 is 6.02. The molecule has 8 nitrogen and oxygen atoms in total. The van der Waals surface area contributed by atoms with Crippen molar-refractivity contribution in [1.29, 1.82) is 5.26 Å². The Kier molecular flexibility index (Phi) is 7.66. The number of hydrogen-bond donors (Lipinski definition) is 2. The van der Waals surface area contributed by atoms with Crippen molar-refractivity contribution < 1.29 is 14.7 Å². The maximum absolute atomic E-state index is 12.8. The molecule has 0 bridgehead atoms. The van der Waals surface area contributed by atoms with Crippen LogP contribution in [0.25, 0.3) is 0 Å². The molecule has 0 saturated carbocycles. The molecule has 3 heterocycles. The summed E-state index contributed by atoms with van der Waals surface area (Å²) in [6.07, 6.45) is 4.71. The van der Waals surface area contributed by atoms with Crippen LogP contribution in [0.2, 0.25) is 5.02 Å². The zero-order valence-electron chi connectivity index (χ0n) is 18.9. The van der Waals surface area contributed by atoms with E-state index in [2.05, 4.69) is 21.3 Å². The van der Waals surface area contributed by atoms with Crippen LogP contribution in [-0.4, -0.2) is 59.1 Å². The third-order valence-electron chi connectivity index (χ3n) is 6.53. The first-order valence-electron chi connectivity index (χ1n) is 11.6. The summed E-state index contributed by atoms with van der Waals surface area (Å²) in [6, 6.07) is 10.4. The Morgan fingerprint density at radius 2 is 1.88 bits per heavy atom. The summed E-state index contributed by atoms with van der Waals surface area (Å²) in [5.74, 6) is 0.742. The van der Waals surface area contributed by atoms with Gasteiger partial charge < -0.3 is 20.2 Å². The van der Waals surface area contributed by atoms with E-state index in [1.165, 1.54) is 6.20 Å². The van der Waals surface area contributed by atoms with E-state index in [1.54, 1.807) is 30.3 Å². The number of nitriles is 1. The maximum atomic E-state index is 12.8. The Labute approximate surface area is 204 Å². The first-order valence-corrected chi connectivity index (χ1v) is 12.0. The molecule has 2 N–H and O–H groups in total. The molecule has 2 amide bonds. The summed E-state index contributed by atoms with van der Waals surface area (Å²) in [6.45, 7) is 2.67. The largest absolute Gasteiger partial charge is 0.393 e. The Bertz CT molecular complexity index is 1090. The van der Waals surface area contributed by atoms with Gasteiger partial charge in [0.05, 0.1) is 17.4 Å². The molecule has 2 saturated heterocycles. The Hall–Kier alpha value is -3.15. The van der Waals surface area contributed by atoms with E-state index in [0.29, 0.717) is 79.0 Å². The van der Waals surface area contributed by atoms with E-state index in [0.717, 1.165) is 12.8 Å². The maximum Gasteiger partial charge on any atom is 0.255 e. The van der Waals surface area contributed by atoms with Gasteiger partial charge in [0.15, 0.2) is 5.82 Å². The Morgan fingerprint density at radius 1 is 1.15 bits per heavy atom. The fraction of sp³-hybridized carbons (Fsp3) is 0.440. The van der Waals surface area contributed by atoms with Crippen LogP contribution in [0.15, 0.2) is 36.5 Å². The monoisotopic (exact) mass is 481 g/mol. The van der Waals surface area contributed by atoms with Crippen LogP contribution < -0.4 is 10.2 Å². The second-order valence-corrected chi connectivity index (χ2v) is 9.35. The minimum atomic E-state index is -0.326. The molecule has 34 heavy (non-hydrogen) atoms. The molecule has 9 heteroatoms. The Balaban J connectivity index is 1.40. The number of aliphatic hydroxyl groups excluding tert-OH is 1. The van der Waals surface area contributed by atoms with Gasteiger partial charge >= 0.3 is 0 Å². The third kappa shape index (κ3) is 5.85. The van der Waals surface area contributed by atoms with Crippen molar-refractivity contribution in [1.82, 2.24) is 9.88 Å². The quantitative estimate of drug-likeness (QED) is 0.676. The Morgan fingerprint density at radius 3 is 2.56 bits per heavy atom. The zero-order chi connectivity index (χ0) is 24.1. The van der Waals surface area contributed by atoms with E-state index < -0.39 is 0 Å². The van der Waals surface area contributed by atoms with E-state index in [9.17, 15) is 20.0 Å². The van der Waals surface area contributed by atoms with Gasteiger partial charge in [0.2, 0.25) is 5.91 Å². The van der Waals surface area contributed by atoms with E-state index in [4.69, 9.17) is 11.6 Å². The molecule has 0 unspecified atom stereocenters. The van der Waals surface area contributed by atoms with Crippen molar-refractivity contribution in [3.63, 3.8) is 0 Å². The average Bonchev–Trinajstić information content (AvgIpc) is 2.85. The summed E-state index contributed by atoms with van der Waals surface area (Å²) in [5, 5.41) is 22.3. The van der Waals surface area contributed by atoms with Gasteiger partial charge in [-0.25, -0.2) is 4.98 Å². The van der Waals surface area contributed by atoms with Crippen molar-refractivity contribution >= 4 is 34.9 Å². The molecular formula is C25H28ClN5O3. The van der Waals surface area contributed by atoms with Gasteiger partial charge in [-0.05, 0) is 55.9 Å². The number of anilines is 2. The highest BCUT2D eigenvalue weighted by Gasteiger charge is 2.28. The molecule has 0 atom stereocenters. The number of carbonyl (C=O) groups excluding carboxylic acids is 2. The first-order chi connectivity index (χ1) is 16.4. The predicted molar refractivity (Wildman–Crippen MR) is 130 cm³/mol. The summed E-state index contributed by atoms with van der Waals surface area (Å²) in [4.78, 5) is 33.9. The second-order valence-electron chi connectivity index (χ2n) is 8.92. The van der Waals surface area contributed by atoms with Crippen molar-refractivity contribution in [3.8, 4) is 6.07 Å². The molecule has 2 aliphatic rings. The summed E-state index contributed by atoms with van der Waals surface area (Å²) in [7, 11) is 0. The molecular weight excluding hydrogens is 454 g/mol. The number of nitrogens with zero attached hydrogens (tertiary/aromatic N) is 4. The molecule has 0 radical (unpaired) electrons. The van der Waals surface area contributed by atoms with Crippen LogP contribution in [0.5, 0.6) is 0 Å². The average molecular weight is 482 g/mol. The zero-order valence-corrected chi connectivity index (χ0v) is 19.7. The highest BCUT2D eigenvalue weighted by Crippen LogP contribution is 2.31. The number of hydrogen-bond acceptors (Lipinski definition) is 6. The minimum absolute atomic E-state index is 0.163. The lowest BCUT2D eigenvalue weighted by Crippen LogP contribution is -2.42. The van der Waals surface area contributed by atoms with E-state index in [1.807, 2.05) is 4.90 Å². The number of aromatic nitrogens is 1. The standard InChI is InChI=1S/C25H28ClN5O3/c26-20-3-1-2-19(14-20)25(34)29-22-12-18(15-27)16-28-24(22)31-8-4-17(5-9-31)13-23(33)30-10-6-21(32)7-11-30/h1-3,12,14,16-17,21,32H,4-11,13H2,(H,29,34). The highest BCUT2D eigenvalue weighted by atomic mass is 35.5. The van der Waals surface area contributed by atoms with Crippen molar-refractivity contribution in [3.05, 3.63) is 52.7 Å². The number of rotatable bonds is 5. The fourth-order valence-corrected chi connectivity index (χ4v) is 4.72. The number of aliphatic hydroxyl groups is 1. The lowest BCUT2D eigenvalue weighted by Gasteiger charge is -2.35. The van der Waals surface area contributed by atoms with Crippen LogP contribution >= 0.6 is 11.6 Å². The van der Waals surface area contributed by atoms with Gasteiger partial charge in [0, 0.05) is 49.4 Å². The number of benzene rings is 1. The molecule has 2 aromatic rings. The molecule has 2 aliphatic heterocycles. The molecule has 0 aliphatic carbocycles. The highest BCUT2D eigenvalue weighted by molar-refractivity contribution is 6.31. The first kappa shape index (κ1) is 24.0. The predicted octanol–water partition coefficient (Wildman–Crippen LogP) is 3.45. The van der Waals surface area contributed by atoms with Crippen molar-refractivity contribution in [2.24, 2.45) is 5.92 Å². The lowest BCUT2D eigenvalue weighted by molar-refractivity contribution is -0.134. The van der Waals surface area contributed by atoms with Gasteiger partial charge in [-0.15, -0.1) is 0 Å². The second kappa shape index (κ2) is 10.9. The third-order valence-corrected chi connectivity index (χ3v) is 6.76. The minimum Gasteiger partial charge on any atom is -0.393 e. The van der Waals surface area contributed by atoms with Gasteiger partial charge in [-0.3, -0.25) is 9.59 Å². The number of nitrogens with one attached hydrogen (secondary N) is 1. The van der Waals surface area contributed by atoms with Crippen LogP contribution in [0, 0.1) is 17.2 Å². The number of likely N-dealkylation sites (tertiary alicyclic amines) is 1. The summed E-state index contributed by atoms with van der Waals surface area (Å²) < 4.78 is 0. The molecule has 1 aromatic carbocycles. The smallest absolute Gasteiger partial charge is 0.255 e. The van der Waals surface area contributed by atoms with Crippen LogP contribution in [0.1, 0.15) is 48.0 Å². The van der Waals surface area contributed by atoms with Crippen LogP contribution in [0.4, 0.5) is 11.5 Å². The topological polar surface area (TPSA) is 110 Å². The van der Waals surface area contributed by atoms with Crippen LogP contribution in [0.3, 0.4) is 0 Å². The van der Waals surface area contributed by atoms with E-state index in [-0.39, 0.29) is 17.9 Å². The number of piperidine rings is 2. The number of halogens is 1. The molecule has 4 rings (SSSR count). The normalized spacial score (nSPS) is 17.3. The van der Waals surface area contributed by atoms with E-state index >= 15 is 0 Å².